The summed E-state index contributed by atoms with van der Waals surface area (Å²) in [6.07, 6.45) is 1.70. The van der Waals surface area contributed by atoms with Gasteiger partial charge in [-0.1, -0.05) is 29.8 Å². The van der Waals surface area contributed by atoms with Crippen LogP contribution in [0, 0.1) is 36.5 Å². The molecule has 0 bridgehead atoms. The predicted molar refractivity (Wildman–Crippen MR) is 133 cm³/mol. The molecule has 3 aromatic carbocycles. The number of hydrogen-bond donors (Lipinski definition) is 1. The first-order valence-corrected chi connectivity index (χ1v) is 10.9. The molecule has 34 heavy (non-hydrogen) atoms. The van der Waals surface area contributed by atoms with Crippen molar-refractivity contribution in [2.45, 2.75) is 20.5 Å². The number of nitrogens with zero attached hydrogens (tertiary/aromatic N) is 3. The van der Waals surface area contributed by atoms with Gasteiger partial charge in [0.1, 0.15) is 18.5 Å². The van der Waals surface area contributed by atoms with E-state index in [0.717, 1.165) is 27.7 Å². The van der Waals surface area contributed by atoms with Crippen molar-refractivity contribution in [3.05, 3.63) is 87.2 Å². The Morgan fingerprint density at radius 1 is 1.12 bits per heavy atom. The van der Waals surface area contributed by atoms with Gasteiger partial charge in [0.05, 0.1) is 40.4 Å². The Hall–Kier alpha value is -4.26. The quantitative estimate of drug-likeness (QED) is 0.332. The molecule has 0 radical (unpaired) electrons. The smallest absolute Gasteiger partial charge is 0.180 e. The van der Waals surface area contributed by atoms with E-state index < -0.39 is 0 Å². The highest BCUT2D eigenvalue weighted by molar-refractivity contribution is 6.32. The van der Waals surface area contributed by atoms with Gasteiger partial charge in [-0.2, -0.15) is 10.5 Å². The molecule has 0 saturated carbocycles. The van der Waals surface area contributed by atoms with Gasteiger partial charge in [-0.05, 0) is 66.9 Å². The lowest BCUT2D eigenvalue weighted by Gasteiger charge is -2.14. The first-order valence-electron chi connectivity index (χ1n) is 10.5. The number of hydrogen-bond acceptors (Lipinski definition) is 5. The summed E-state index contributed by atoms with van der Waals surface area (Å²) in [4.78, 5) is 7.80. The summed E-state index contributed by atoms with van der Waals surface area (Å²) < 4.78 is 11.4. The third kappa shape index (κ3) is 4.59. The van der Waals surface area contributed by atoms with Gasteiger partial charge < -0.3 is 14.5 Å². The Kier molecular flexibility index (Phi) is 6.54. The van der Waals surface area contributed by atoms with Crippen molar-refractivity contribution in [2.24, 2.45) is 0 Å². The number of nitriles is 2. The van der Waals surface area contributed by atoms with Crippen LogP contribution in [0.2, 0.25) is 5.02 Å². The number of allylic oxidation sites excluding steroid dienone is 1. The third-order valence-electron chi connectivity index (χ3n) is 5.55. The lowest BCUT2D eigenvalue weighted by atomic mass is 10.1. The normalized spacial score (nSPS) is 11.2. The number of aryl methyl sites for hydroxylation is 2. The van der Waals surface area contributed by atoms with Crippen LogP contribution >= 0.6 is 11.6 Å². The number of nitrogens with one attached hydrogen (secondary N) is 1. The topological polar surface area (TPSA) is 94.7 Å². The van der Waals surface area contributed by atoms with Crippen molar-refractivity contribution in [2.75, 3.05) is 7.11 Å². The summed E-state index contributed by atoms with van der Waals surface area (Å²) >= 11 is 6.52. The van der Waals surface area contributed by atoms with Gasteiger partial charge in [-0.3, -0.25) is 0 Å². The second kappa shape index (κ2) is 9.70. The minimum absolute atomic E-state index is 0.163. The van der Waals surface area contributed by atoms with Crippen LogP contribution in [0.5, 0.6) is 11.5 Å². The number of methoxy groups -OCH3 is 1. The fourth-order valence-electron chi connectivity index (χ4n) is 3.59. The second-order valence-corrected chi connectivity index (χ2v) is 8.21. The van der Waals surface area contributed by atoms with E-state index in [2.05, 4.69) is 22.1 Å². The fourth-order valence-corrected chi connectivity index (χ4v) is 3.86. The largest absolute Gasteiger partial charge is 0.493 e. The molecule has 1 N–H and O–H groups in total. The molecule has 0 aliphatic carbocycles. The summed E-state index contributed by atoms with van der Waals surface area (Å²) in [5.74, 6) is 1.26. The van der Waals surface area contributed by atoms with Crippen LogP contribution < -0.4 is 9.47 Å². The molecule has 1 aromatic heterocycles. The minimum atomic E-state index is 0.163. The number of aromatic nitrogens is 2. The van der Waals surface area contributed by atoms with Crippen molar-refractivity contribution >= 4 is 34.3 Å². The SMILES string of the molecule is COc1cc(/C=C(/C#N)c2nc3cc(C)c(C)cc3[nH]2)cc(Cl)c1OCc1ccccc1C#N. The van der Waals surface area contributed by atoms with E-state index in [4.69, 9.17) is 21.1 Å². The molecular formula is C27H21ClN4O2. The lowest BCUT2D eigenvalue weighted by Crippen LogP contribution is -2.01. The minimum Gasteiger partial charge on any atom is -0.493 e. The van der Waals surface area contributed by atoms with Crippen LogP contribution in [0.3, 0.4) is 0 Å². The molecule has 4 rings (SSSR count). The van der Waals surface area contributed by atoms with Crippen molar-refractivity contribution in [3.8, 4) is 23.6 Å². The van der Waals surface area contributed by atoms with Gasteiger partial charge in [0.25, 0.3) is 0 Å². The van der Waals surface area contributed by atoms with E-state index in [1.54, 1.807) is 30.3 Å². The number of fused-ring (bicyclic) bond motifs is 1. The predicted octanol–water partition coefficient (Wildman–Crippen LogP) is 6.36. The molecule has 0 amide bonds. The zero-order valence-electron chi connectivity index (χ0n) is 18.9. The molecule has 1 heterocycles. The number of H-pyrrole nitrogens is 1. The van der Waals surface area contributed by atoms with Gasteiger partial charge in [-0.25, -0.2) is 4.98 Å². The Balaban J connectivity index is 1.66. The van der Waals surface area contributed by atoms with E-state index in [0.29, 0.717) is 39.0 Å². The highest BCUT2D eigenvalue weighted by Gasteiger charge is 2.15. The molecule has 0 aliphatic rings. The van der Waals surface area contributed by atoms with E-state index in [1.165, 1.54) is 7.11 Å². The maximum absolute atomic E-state index is 9.79. The molecular weight excluding hydrogens is 448 g/mol. The highest BCUT2D eigenvalue weighted by atomic mass is 35.5. The van der Waals surface area contributed by atoms with E-state index in [1.807, 2.05) is 38.1 Å². The highest BCUT2D eigenvalue weighted by Crippen LogP contribution is 2.38. The summed E-state index contributed by atoms with van der Waals surface area (Å²) in [6.45, 7) is 4.23. The van der Waals surface area contributed by atoms with Gasteiger partial charge in [-0.15, -0.1) is 0 Å². The Labute approximate surface area is 202 Å². The Morgan fingerprint density at radius 2 is 1.88 bits per heavy atom. The molecule has 0 aliphatic heterocycles. The molecule has 168 valence electrons. The van der Waals surface area contributed by atoms with Crippen LogP contribution in [-0.4, -0.2) is 17.1 Å². The van der Waals surface area contributed by atoms with Crippen LogP contribution in [0.4, 0.5) is 0 Å². The molecule has 0 saturated heterocycles. The zero-order chi connectivity index (χ0) is 24.2. The van der Waals surface area contributed by atoms with Crippen LogP contribution in [0.1, 0.15) is 33.6 Å². The van der Waals surface area contributed by atoms with Gasteiger partial charge in [0, 0.05) is 5.56 Å². The number of ether oxygens (including phenoxy) is 2. The number of benzene rings is 3. The fraction of sp³-hybridized carbons (Fsp3) is 0.148. The summed E-state index contributed by atoms with van der Waals surface area (Å²) in [5, 5.41) is 19.4. The van der Waals surface area contributed by atoms with E-state index in [9.17, 15) is 10.5 Å². The lowest BCUT2D eigenvalue weighted by molar-refractivity contribution is 0.284. The van der Waals surface area contributed by atoms with Crippen LogP contribution in [0.25, 0.3) is 22.7 Å². The summed E-state index contributed by atoms with van der Waals surface area (Å²) in [6, 6.07) is 19.0. The Morgan fingerprint density at radius 3 is 2.62 bits per heavy atom. The molecule has 0 fully saturated rings. The van der Waals surface area contributed by atoms with Crippen molar-refractivity contribution < 1.29 is 9.47 Å². The maximum atomic E-state index is 9.79. The van der Waals surface area contributed by atoms with Gasteiger partial charge >= 0.3 is 0 Å². The molecule has 4 aromatic rings. The molecule has 0 spiro atoms. The third-order valence-corrected chi connectivity index (χ3v) is 5.83. The molecule has 0 atom stereocenters. The number of aromatic amines is 1. The van der Waals surface area contributed by atoms with E-state index in [-0.39, 0.29) is 6.61 Å². The van der Waals surface area contributed by atoms with Crippen LogP contribution in [-0.2, 0) is 6.61 Å². The Bertz CT molecular complexity index is 1470. The van der Waals surface area contributed by atoms with Gasteiger partial charge in [0.15, 0.2) is 11.5 Å². The number of imidazole rings is 1. The van der Waals surface area contributed by atoms with Crippen LogP contribution in [0.15, 0.2) is 48.5 Å². The monoisotopic (exact) mass is 468 g/mol. The van der Waals surface area contributed by atoms with Crippen molar-refractivity contribution in [1.29, 1.82) is 10.5 Å². The summed E-state index contributed by atoms with van der Waals surface area (Å²) in [7, 11) is 1.52. The molecule has 7 heteroatoms. The number of halogens is 1. The van der Waals surface area contributed by atoms with Crippen molar-refractivity contribution in [3.63, 3.8) is 0 Å². The van der Waals surface area contributed by atoms with E-state index >= 15 is 0 Å². The molecule has 0 unspecified atom stereocenters. The zero-order valence-corrected chi connectivity index (χ0v) is 19.7. The van der Waals surface area contributed by atoms with Crippen molar-refractivity contribution in [1.82, 2.24) is 9.97 Å². The standard InChI is InChI=1S/C27H21ClN4O2/c1-16-8-23-24(9-17(16)2)32-27(31-23)21(14-30)10-18-11-22(28)26(25(12-18)33-3)34-15-20-7-5-4-6-19(20)13-29/h4-12H,15H2,1-3H3,(H,31,32)/b21-10-. The molecule has 6 nitrogen and oxygen atoms in total. The average Bonchev–Trinajstić information content (AvgIpc) is 3.24. The van der Waals surface area contributed by atoms with Gasteiger partial charge in [0.2, 0.25) is 0 Å². The maximum Gasteiger partial charge on any atom is 0.180 e. The summed E-state index contributed by atoms with van der Waals surface area (Å²) in [5.41, 5.74) is 6.26. The second-order valence-electron chi connectivity index (χ2n) is 7.80. The average molecular weight is 469 g/mol. The first-order chi connectivity index (χ1) is 16.4. The first kappa shape index (κ1) is 22.9. The number of rotatable bonds is 6.